The first-order valence-corrected chi connectivity index (χ1v) is 5.47. The van der Waals surface area contributed by atoms with Crippen LogP contribution in [-0.4, -0.2) is 27.7 Å². The number of pyridine rings is 2. The molecule has 0 spiro atoms. The third-order valence-corrected chi connectivity index (χ3v) is 2.35. The maximum Gasteiger partial charge on any atom is 0.341 e. The summed E-state index contributed by atoms with van der Waals surface area (Å²) in [6.07, 6.45) is 5.12. The van der Waals surface area contributed by atoms with Gasteiger partial charge in [-0.05, 0) is 18.2 Å². The van der Waals surface area contributed by atoms with Crippen LogP contribution >= 0.6 is 0 Å². The molecule has 0 aliphatic heterocycles. The van der Waals surface area contributed by atoms with Crippen LogP contribution in [0, 0.1) is 0 Å². The third-order valence-electron chi connectivity index (χ3n) is 2.35. The standard InChI is InChI=1S/C13H12N2O3/c16-13(17)11-9-14-7-4-12(11)18-8-5-10-3-1-2-6-15-10/h1-4,6-7,9H,5,8H2,(H,16,17). The van der Waals surface area contributed by atoms with Crippen LogP contribution in [0.1, 0.15) is 16.1 Å². The van der Waals surface area contributed by atoms with Crippen molar-refractivity contribution in [3.8, 4) is 5.75 Å². The minimum absolute atomic E-state index is 0.0681. The van der Waals surface area contributed by atoms with Crippen LogP contribution < -0.4 is 4.74 Å². The van der Waals surface area contributed by atoms with Crippen molar-refractivity contribution in [1.29, 1.82) is 0 Å². The van der Waals surface area contributed by atoms with Crippen LogP contribution in [0.5, 0.6) is 5.75 Å². The summed E-state index contributed by atoms with van der Waals surface area (Å²) in [6, 6.07) is 7.18. The highest BCUT2D eigenvalue weighted by Gasteiger charge is 2.10. The van der Waals surface area contributed by atoms with E-state index in [1.54, 1.807) is 12.3 Å². The summed E-state index contributed by atoms with van der Waals surface area (Å²) < 4.78 is 5.44. The predicted molar refractivity (Wildman–Crippen MR) is 64.6 cm³/mol. The van der Waals surface area contributed by atoms with Crippen molar-refractivity contribution in [2.45, 2.75) is 6.42 Å². The van der Waals surface area contributed by atoms with Crippen molar-refractivity contribution < 1.29 is 14.6 Å². The minimum Gasteiger partial charge on any atom is -0.492 e. The molecule has 5 nitrogen and oxygen atoms in total. The molecule has 0 aromatic carbocycles. The quantitative estimate of drug-likeness (QED) is 0.868. The average Bonchev–Trinajstić information content (AvgIpc) is 2.40. The van der Waals surface area contributed by atoms with Crippen molar-refractivity contribution >= 4 is 5.97 Å². The molecule has 0 amide bonds. The first kappa shape index (κ1) is 12.0. The number of hydrogen-bond acceptors (Lipinski definition) is 4. The van der Waals surface area contributed by atoms with Gasteiger partial charge in [-0.15, -0.1) is 0 Å². The Balaban J connectivity index is 1.97. The van der Waals surface area contributed by atoms with E-state index in [0.29, 0.717) is 18.8 Å². The normalized spacial score (nSPS) is 10.0. The van der Waals surface area contributed by atoms with Crippen LogP contribution in [0.4, 0.5) is 0 Å². The molecule has 2 rings (SSSR count). The van der Waals surface area contributed by atoms with Gasteiger partial charge >= 0.3 is 5.97 Å². The Hall–Kier alpha value is -2.43. The van der Waals surface area contributed by atoms with E-state index in [1.165, 1.54) is 12.4 Å². The van der Waals surface area contributed by atoms with Gasteiger partial charge in [-0.2, -0.15) is 0 Å². The zero-order valence-corrected chi connectivity index (χ0v) is 9.61. The smallest absolute Gasteiger partial charge is 0.341 e. The molecule has 0 atom stereocenters. The molecule has 92 valence electrons. The maximum atomic E-state index is 10.9. The van der Waals surface area contributed by atoms with Crippen LogP contribution in [0.3, 0.4) is 0 Å². The largest absolute Gasteiger partial charge is 0.492 e. The van der Waals surface area contributed by atoms with E-state index < -0.39 is 5.97 Å². The monoisotopic (exact) mass is 244 g/mol. The SMILES string of the molecule is O=C(O)c1cnccc1OCCc1ccccn1. The third kappa shape index (κ3) is 3.04. The molecule has 18 heavy (non-hydrogen) atoms. The molecule has 0 aliphatic rings. The number of nitrogens with zero attached hydrogens (tertiary/aromatic N) is 2. The Labute approximate surface area is 104 Å². The van der Waals surface area contributed by atoms with Gasteiger partial charge < -0.3 is 9.84 Å². The molecule has 2 aromatic heterocycles. The van der Waals surface area contributed by atoms with Crippen molar-refractivity contribution in [1.82, 2.24) is 9.97 Å². The molecular formula is C13H12N2O3. The summed E-state index contributed by atoms with van der Waals surface area (Å²) in [4.78, 5) is 18.8. The number of carbonyl (C=O) groups is 1. The van der Waals surface area contributed by atoms with Gasteiger partial charge in [-0.1, -0.05) is 6.07 Å². The van der Waals surface area contributed by atoms with Crippen LogP contribution in [0.2, 0.25) is 0 Å². The minimum atomic E-state index is -1.05. The van der Waals surface area contributed by atoms with E-state index in [9.17, 15) is 4.79 Å². The van der Waals surface area contributed by atoms with Gasteiger partial charge in [-0.3, -0.25) is 9.97 Å². The lowest BCUT2D eigenvalue weighted by Crippen LogP contribution is -2.07. The van der Waals surface area contributed by atoms with E-state index in [0.717, 1.165) is 5.69 Å². The van der Waals surface area contributed by atoms with E-state index in [2.05, 4.69) is 9.97 Å². The molecule has 0 unspecified atom stereocenters. The molecule has 0 radical (unpaired) electrons. The van der Waals surface area contributed by atoms with Gasteiger partial charge in [0.15, 0.2) is 0 Å². The van der Waals surface area contributed by atoms with Crippen molar-refractivity contribution in [3.63, 3.8) is 0 Å². The highest BCUT2D eigenvalue weighted by atomic mass is 16.5. The second kappa shape index (κ2) is 5.77. The van der Waals surface area contributed by atoms with Crippen molar-refractivity contribution in [3.05, 3.63) is 54.1 Å². The van der Waals surface area contributed by atoms with Gasteiger partial charge in [0, 0.05) is 30.7 Å². The molecule has 0 saturated carbocycles. The van der Waals surface area contributed by atoms with Gasteiger partial charge in [0.25, 0.3) is 0 Å². The lowest BCUT2D eigenvalue weighted by Gasteiger charge is -2.07. The fourth-order valence-corrected chi connectivity index (χ4v) is 1.48. The number of aromatic nitrogens is 2. The van der Waals surface area contributed by atoms with E-state index in [4.69, 9.17) is 9.84 Å². The lowest BCUT2D eigenvalue weighted by molar-refractivity contribution is 0.0692. The Morgan fingerprint density at radius 1 is 1.28 bits per heavy atom. The number of rotatable bonds is 5. The Morgan fingerprint density at radius 2 is 2.17 bits per heavy atom. The molecular weight excluding hydrogens is 232 g/mol. The Morgan fingerprint density at radius 3 is 2.89 bits per heavy atom. The fourth-order valence-electron chi connectivity index (χ4n) is 1.48. The molecule has 0 fully saturated rings. The summed E-state index contributed by atoms with van der Waals surface area (Å²) in [7, 11) is 0. The van der Waals surface area contributed by atoms with Crippen molar-refractivity contribution in [2.24, 2.45) is 0 Å². The van der Waals surface area contributed by atoms with Gasteiger partial charge in [0.2, 0.25) is 0 Å². The summed E-state index contributed by atoms with van der Waals surface area (Å²) in [5.41, 5.74) is 0.974. The number of hydrogen-bond donors (Lipinski definition) is 1. The molecule has 1 N–H and O–H groups in total. The first-order chi connectivity index (χ1) is 8.77. The van der Waals surface area contributed by atoms with E-state index in [1.807, 2.05) is 18.2 Å². The van der Waals surface area contributed by atoms with Crippen LogP contribution in [-0.2, 0) is 6.42 Å². The Kier molecular flexibility index (Phi) is 3.86. The number of aromatic carboxylic acids is 1. The number of carboxylic acid groups (broad SMARTS) is 1. The molecule has 0 bridgehead atoms. The topological polar surface area (TPSA) is 72.3 Å². The summed E-state index contributed by atoms with van der Waals surface area (Å²) >= 11 is 0. The Bertz CT molecular complexity index is 529. The van der Waals surface area contributed by atoms with Crippen LogP contribution in [0.15, 0.2) is 42.9 Å². The second-order valence-electron chi connectivity index (χ2n) is 3.60. The molecule has 0 saturated heterocycles. The van der Waals surface area contributed by atoms with Crippen LogP contribution in [0.25, 0.3) is 0 Å². The molecule has 5 heteroatoms. The van der Waals surface area contributed by atoms with Crippen molar-refractivity contribution in [2.75, 3.05) is 6.61 Å². The summed E-state index contributed by atoms with van der Waals surface area (Å²) in [5, 5.41) is 8.95. The highest BCUT2D eigenvalue weighted by molar-refractivity contribution is 5.90. The predicted octanol–water partition coefficient (Wildman–Crippen LogP) is 1.80. The summed E-state index contributed by atoms with van der Waals surface area (Å²) in [6.45, 7) is 0.376. The van der Waals surface area contributed by atoms with E-state index >= 15 is 0 Å². The second-order valence-corrected chi connectivity index (χ2v) is 3.60. The van der Waals surface area contributed by atoms with Gasteiger partial charge in [-0.25, -0.2) is 4.79 Å². The molecule has 2 aromatic rings. The maximum absolute atomic E-state index is 10.9. The fraction of sp³-hybridized carbons (Fsp3) is 0.154. The van der Waals surface area contributed by atoms with Gasteiger partial charge in [0.1, 0.15) is 11.3 Å². The number of carboxylic acids is 1. The summed E-state index contributed by atoms with van der Waals surface area (Å²) in [5.74, 6) is -0.718. The lowest BCUT2D eigenvalue weighted by atomic mass is 10.2. The zero-order chi connectivity index (χ0) is 12.8. The van der Waals surface area contributed by atoms with Gasteiger partial charge in [0.05, 0.1) is 6.61 Å². The number of ether oxygens (including phenoxy) is 1. The first-order valence-electron chi connectivity index (χ1n) is 5.47. The highest BCUT2D eigenvalue weighted by Crippen LogP contribution is 2.16. The zero-order valence-electron chi connectivity index (χ0n) is 9.61. The average molecular weight is 244 g/mol. The van der Waals surface area contributed by atoms with E-state index in [-0.39, 0.29) is 5.56 Å². The molecule has 2 heterocycles. The molecule has 0 aliphatic carbocycles.